The molecule has 20 nitrogen and oxygen atoms in total. The second kappa shape index (κ2) is 21.2. The number of aliphatic hydroxyl groups is 7. The van der Waals surface area contributed by atoms with Crippen molar-refractivity contribution in [2.24, 2.45) is 27.9 Å². The molecule has 21 heteroatoms. The zero-order valence-corrected chi connectivity index (χ0v) is 34.5. The summed E-state index contributed by atoms with van der Waals surface area (Å²) in [6.45, 7) is 7.10. The van der Waals surface area contributed by atoms with E-state index in [-0.39, 0.29) is 13.0 Å². The standard InChI is InChI=1S/C20H29N3O2S.C18H36N4O11/c1-16-8-10-18(11-9-16)19-17(2)20(22-26(19,24)25)21-12-7-15-23-13-5-3-4-6-14-23;19-2-6-10(25)12(27)13(28)18(30-6)33-16-5(21)1-4(20)15(14(16)29)32-17-11(26)8(22)9(24)7(3-23)31-17/h8-11H,3-7,12-15H2,1-2H3,(H,21,22);4-18,23-29H,1-3,19-22H2/t;4-,5+,6-,7-,8+,9-,10-,11-,12+,13-,14-,15+,16-,17-,18-/m.1/s1. The van der Waals surface area contributed by atoms with Crippen LogP contribution >= 0.6 is 0 Å². The molecule has 1 aromatic rings. The molecule has 5 aliphatic rings. The van der Waals surface area contributed by atoms with Crippen LogP contribution in [0.3, 0.4) is 0 Å². The first-order chi connectivity index (χ1) is 28.0. The van der Waals surface area contributed by atoms with Gasteiger partial charge in [0.2, 0.25) is 0 Å². The molecule has 1 saturated carbocycles. The number of ether oxygens (including phenoxy) is 4. The zero-order valence-electron chi connectivity index (χ0n) is 33.6. The summed E-state index contributed by atoms with van der Waals surface area (Å²) in [6.07, 6.45) is -10.2. The molecule has 0 bridgehead atoms. The SMILES string of the molecule is CC1=C(c2ccc(C)cc2)S(=O)(=O)NC1=NCCCN1CCCCCC1.NC[C@H]1O[C@H](O[C@H]2[C@H](O)[C@@H](O[C@H]3O[C@H](CO)[C@@H](O)[C@H](N)[C@H]3O)[C@H](N)C[C@@H]2N)[C@H](O)[C@@H](O)[C@@H]1O. The number of nitrogens with one attached hydrogen (secondary N) is 1. The number of sulfonamides is 1. The Morgan fingerprint density at radius 2 is 1.37 bits per heavy atom. The molecule has 15 atom stereocenters. The minimum absolute atomic E-state index is 0.0849. The summed E-state index contributed by atoms with van der Waals surface area (Å²) < 4.78 is 49.9. The Balaban J connectivity index is 0.000000230. The van der Waals surface area contributed by atoms with E-state index in [0.29, 0.717) is 22.9 Å². The van der Waals surface area contributed by atoms with Crippen LogP contribution in [-0.2, 0) is 29.0 Å². The third-order valence-corrected chi connectivity index (χ3v) is 13.1. The molecule has 0 amide bonds. The van der Waals surface area contributed by atoms with Crippen LogP contribution in [0.4, 0.5) is 0 Å². The Labute approximate surface area is 345 Å². The highest BCUT2D eigenvalue weighted by molar-refractivity contribution is 8.00. The van der Waals surface area contributed by atoms with Crippen molar-refractivity contribution in [2.75, 3.05) is 39.3 Å². The number of nitrogens with zero attached hydrogens (tertiary/aromatic N) is 2. The highest BCUT2D eigenvalue weighted by Gasteiger charge is 2.51. The van der Waals surface area contributed by atoms with Gasteiger partial charge >= 0.3 is 0 Å². The van der Waals surface area contributed by atoms with E-state index in [1.807, 2.05) is 38.1 Å². The number of benzene rings is 1. The number of aliphatic hydroxyl groups excluding tert-OH is 7. The van der Waals surface area contributed by atoms with Crippen LogP contribution in [-0.4, -0.2) is 186 Å². The molecule has 4 aliphatic heterocycles. The van der Waals surface area contributed by atoms with Gasteiger partial charge in [0.05, 0.1) is 12.6 Å². The molecule has 0 radical (unpaired) electrons. The summed E-state index contributed by atoms with van der Waals surface area (Å²) in [7, 11) is -3.53. The van der Waals surface area contributed by atoms with Crippen molar-refractivity contribution in [1.82, 2.24) is 9.62 Å². The quantitative estimate of drug-likeness (QED) is 0.0945. The van der Waals surface area contributed by atoms with Crippen LogP contribution in [0, 0.1) is 6.92 Å². The van der Waals surface area contributed by atoms with Crippen molar-refractivity contribution >= 4 is 20.8 Å². The lowest BCUT2D eigenvalue weighted by molar-refractivity contribution is -0.332. The number of rotatable bonds is 11. The smallest absolute Gasteiger partial charge is 0.264 e. The summed E-state index contributed by atoms with van der Waals surface area (Å²) in [4.78, 5) is 7.40. The number of nitrogens with two attached hydrogens (primary N) is 4. The molecule has 3 saturated heterocycles. The van der Waals surface area contributed by atoms with Gasteiger partial charge in [-0.25, -0.2) is 8.42 Å². The van der Waals surface area contributed by atoms with Gasteiger partial charge in [-0.2, -0.15) is 0 Å². The van der Waals surface area contributed by atoms with Crippen LogP contribution in [0.5, 0.6) is 0 Å². The molecular formula is C38H65N7O13S. The normalized spacial score (nSPS) is 39.9. The maximum absolute atomic E-state index is 12.5. The topological polar surface area (TPSA) is 344 Å². The van der Waals surface area contributed by atoms with Crippen molar-refractivity contribution in [3.63, 3.8) is 0 Å². The number of hydrogen-bond donors (Lipinski definition) is 12. The number of hydrogen-bond acceptors (Lipinski definition) is 19. The van der Waals surface area contributed by atoms with E-state index in [9.17, 15) is 44.2 Å². The minimum Gasteiger partial charge on any atom is -0.394 e. The van der Waals surface area contributed by atoms with Gasteiger partial charge < -0.3 is 82.5 Å². The van der Waals surface area contributed by atoms with E-state index in [2.05, 4.69) is 14.6 Å². The molecule has 1 aromatic carbocycles. The molecule has 4 fully saturated rings. The van der Waals surface area contributed by atoms with E-state index in [1.165, 1.54) is 38.8 Å². The van der Waals surface area contributed by atoms with E-state index < -0.39 is 108 Å². The Morgan fingerprint density at radius 3 is 1.95 bits per heavy atom. The van der Waals surface area contributed by atoms with Gasteiger partial charge in [-0.15, -0.1) is 0 Å². The lowest BCUT2D eigenvalue weighted by atomic mass is 9.84. The predicted octanol–water partition coefficient (Wildman–Crippen LogP) is -3.97. The van der Waals surface area contributed by atoms with Gasteiger partial charge in [-0.3, -0.25) is 9.71 Å². The van der Waals surface area contributed by atoms with E-state index in [4.69, 9.17) is 41.9 Å². The molecule has 0 spiro atoms. The Hall–Kier alpha value is -2.26. The lowest BCUT2D eigenvalue weighted by Crippen LogP contribution is -2.68. The molecule has 0 aromatic heterocycles. The molecule has 1 aliphatic carbocycles. The maximum Gasteiger partial charge on any atom is 0.264 e. The number of aliphatic imine (C=N–C) groups is 1. The third-order valence-electron chi connectivity index (χ3n) is 11.6. The Kier molecular flexibility index (Phi) is 17.2. The number of amidine groups is 1. The lowest BCUT2D eigenvalue weighted by Gasteiger charge is -2.48. The first kappa shape index (κ1) is 47.8. The number of likely N-dealkylation sites (tertiary alicyclic amines) is 1. The molecule has 4 heterocycles. The molecule has 6 rings (SSSR count). The molecule has 336 valence electrons. The van der Waals surface area contributed by atoms with Crippen LogP contribution in [0.1, 0.15) is 56.6 Å². The molecule has 59 heavy (non-hydrogen) atoms. The first-order valence-electron chi connectivity index (χ1n) is 20.3. The minimum atomic E-state index is -3.53. The van der Waals surface area contributed by atoms with E-state index in [0.717, 1.165) is 24.1 Å². The van der Waals surface area contributed by atoms with Crippen molar-refractivity contribution in [2.45, 2.75) is 144 Å². The summed E-state index contributed by atoms with van der Waals surface area (Å²) in [5.74, 6) is 0.497. The van der Waals surface area contributed by atoms with Crippen molar-refractivity contribution in [1.29, 1.82) is 0 Å². The average molecular weight is 860 g/mol. The summed E-state index contributed by atoms with van der Waals surface area (Å²) in [5.41, 5.74) is 26.0. The molecule has 0 unspecified atom stereocenters. The van der Waals surface area contributed by atoms with Crippen molar-refractivity contribution in [3.8, 4) is 0 Å². The van der Waals surface area contributed by atoms with Gasteiger partial charge in [-0.05, 0) is 64.7 Å². The second-order valence-corrected chi connectivity index (χ2v) is 17.7. The molecular weight excluding hydrogens is 795 g/mol. The van der Waals surface area contributed by atoms with E-state index >= 15 is 0 Å². The largest absolute Gasteiger partial charge is 0.394 e. The highest BCUT2D eigenvalue weighted by atomic mass is 32.2. The number of aryl methyl sites for hydroxylation is 1. The Morgan fingerprint density at radius 1 is 0.797 bits per heavy atom. The Bertz CT molecular complexity index is 1610. The molecule has 16 N–H and O–H groups in total. The fourth-order valence-electron chi connectivity index (χ4n) is 8.04. The van der Waals surface area contributed by atoms with Crippen LogP contribution in [0.25, 0.3) is 4.91 Å². The first-order valence-corrected chi connectivity index (χ1v) is 21.8. The van der Waals surface area contributed by atoms with Gasteiger partial charge in [-0.1, -0.05) is 42.7 Å². The third kappa shape index (κ3) is 11.4. The van der Waals surface area contributed by atoms with Gasteiger partial charge in [0.1, 0.15) is 71.8 Å². The van der Waals surface area contributed by atoms with Gasteiger partial charge in [0.25, 0.3) is 10.0 Å². The van der Waals surface area contributed by atoms with E-state index in [1.54, 1.807) is 0 Å². The van der Waals surface area contributed by atoms with Crippen molar-refractivity contribution in [3.05, 3.63) is 41.0 Å². The van der Waals surface area contributed by atoms with Crippen LogP contribution < -0.4 is 27.7 Å². The fraction of sp³-hybridized carbons (Fsp3) is 0.763. The monoisotopic (exact) mass is 859 g/mol. The fourth-order valence-corrected chi connectivity index (χ4v) is 9.56. The predicted molar refractivity (Wildman–Crippen MR) is 215 cm³/mol. The highest BCUT2D eigenvalue weighted by Crippen LogP contribution is 2.32. The average Bonchev–Trinajstić information content (AvgIpc) is 3.34. The van der Waals surface area contributed by atoms with Crippen LogP contribution in [0.15, 0.2) is 34.8 Å². The maximum atomic E-state index is 12.5. The summed E-state index contributed by atoms with van der Waals surface area (Å²) in [6, 6.07) is 4.72. The van der Waals surface area contributed by atoms with Crippen molar-refractivity contribution < 1.29 is 63.1 Å². The zero-order chi connectivity index (χ0) is 43.2. The summed E-state index contributed by atoms with van der Waals surface area (Å²) in [5, 5.41) is 70.9. The summed E-state index contributed by atoms with van der Waals surface area (Å²) >= 11 is 0. The van der Waals surface area contributed by atoms with Gasteiger partial charge in [0, 0.05) is 30.7 Å². The van der Waals surface area contributed by atoms with Crippen LogP contribution in [0.2, 0.25) is 0 Å². The second-order valence-electron chi connectivity index (χ2n) is 16.1. The van der Waals surface area contributed by atoms with Gasteiger partial charge in [0.15, 0.2) is 12.6 Å².